The molecule has 12 heteroatoms. The number of halogens is 2. The van der Waals surface area contributed by atoms with E-state index in [1.807, 2.05) is 0 Å². The van der Waals surface area contributed by atoms with Crippen molar-refractivity contribution < 1.29 is 32.3 Å². The first-order valence-corrected chi connectivity index (χ1v) is 10.8. The van der Waals surface area contributed by atoms with Gasteiger partial charge in [0.05, 0.1) is 25.4 Å². The van der Waals surface area contributed by atoms with Gasteiger partial charge in [0.25, 0.3) is 11.8 Å². The summed E-state index contributed by atoms with van der Waals surface area (Å²) in [4.78, 5) is 39.6. The largest absolute Gasteiger partial charge is 0.494 e. The molecule has 2 aromatic carbocycles. The summed E-state index contributed by atoms with van der Waals surface area (Å²) in [5, 5.41) is 11.6. The molecule has 4 aromatic rings. The highest BCUT2D eigenvalue weighted by molar-refractivity contribution is 6.08. The zero-order valence-corrected chi connectivity index (χ0v) is 18.6. The minimum atomic E-state index is -1.82. The van der Waals surface area contributed by atoms with Crippen molar-refractivity contribution in [2.75, 3.05) is 13.7 Å². The highest BCUT2D eigenvalue weighted by Gasteiger charge is 2.53. The van der Waals surface area contributed by atoms with Crippen molar-refractivity contribution in [3.63, 3.8) is 0 Å². The highest BCUT2D eigenvalue weighted by atomic mass is 19.1. The summed E-state index contributed by atoms with van der Waals surface area (Å²) < 4.78 is 40.4. The highest BCUT2D eigenvalue weighted by Crippen LogP contribution is 2.37. The van der Waals surface area contributed by atoms with Crippen LogP contribution in [0.15, 0.2) is 47.1 Å². The van der Waals surface area contributed by atoms with Crippen LogP contribution in [0.25, 0.3) is 22.1 Å². The molecule has 3 N–H and O–H groups in total. The van der Waals surface area contributed by atoms with Crippen LogP contribution in [0.5, 0.6) is 5.75 Å². The van der Waals surface area contributed by atoms with Gasteiger partial charge in [0.2, 0.25) is 0 Å². The monoisotopic (exact) mass is 493 g/mol. The molecule has 0 aliphatic carbocycles. The predicted octanol–water partition coefficient (Wildman–Crippen LogP) is 2.80. The first-order valence-electron chi connectivity index (χ1n) is 10.8. The zero-order chi connectivity index (χ0) is 25.2. The van der Waals surface area contributed by atoms with Crippen LogP contribution in [0.3, 0.4) is 0 Å². The van der Waals surface area contributed by atoms with Gasteiger partial charge in [-0.05, 0) is 23.8 Å². The average molecular weight is 493 g/mol. The Morgan fingerprint density at radius 1 is 1.19 bits per heavy atom. The quantitative estimate of drug-likeness (QED) is 0.367. The van der Waals surface area contributed by atoms with Gasteiger partial charge in [-0.3, -0.25) is 20.0 Å². The summed E-state index contributed by atoms with van der Waals surface area (Å²) in [7, 11) is 1.29. The maximum atomic E-state index is 14.8. The van der Waals surface area contributed by atoms with Gasteiger partial charge in [-0.2, -0.15) is 5.10 Å². The average Bonchev–Trinajstić information content (AvgIpc) is 3.61. The number of ether oxygens (including phenoxy) is 1. The Kier molecular flexibility index (Phi) is 4.62. The summed E-state index contributed by atoms with van der Waals surface area (Å²) in [5.41, 5.74) is -0.667. The van der Waals surface area contributed by atoms with Crippen molar-refractivity contribution in [1.82, 2.24) is 25.7 Å². The van der Waals surface area contributed by atoms with Gasteiger partial charge in [-0.15, -0.1) is 0 Å². The second-order valence-electron chi connectivity index (χ2n) is 8.56. The summed E-state index contributed by atoms with van der Waals surface area (Å²) >= 11 is 0. The lowest BCUT2D eigenvalue weighted by Crippen LogP contribution is -2.52. The number of carbonyl (C=O) groups excluding carboxylic acids is 3. The summed E-state index contributed by atoms with van der Waals surface area (Å²) in [6.45, 7) is -0.351. The van der Waals surface area contributed by atoms with E-state index in [9.17, 15) is 23.2 Å². The van der Waals surface area contributed by atoms with E-state index in [0.29, 0.717) is 16.5 Å². The second-order valence-corrected chi connectivity index (χ2v) is 8.56. The number of carbonyl (C=O) groups is 3. The number of fused-ring (bicyclic) bond motifs is 2. The number of nitrogens with zero attached hydrogens (tertiary/aromatic N) is 2. The van der Waals surface area contributed by atoms with Gasteiger partial charge in [-0.1, -0.05) is 6.07 Å². The van der Waals surface area contributed by atoms with Gasteiger partial charge in [0, 0.05) is 35.3 Å². The number of hydrogen-bond donors (Lipinski definition) is 3. The van der Waals surface area contributed by atoms with Gasteiger partial charge >= 0.3 is 6.03 Å². The fourth-order valence-electron chi connectivity index (χ4n) is 4.71. The molecule has 0 spiro atoms. The molecule has 10 nitrogen and oxygen atoms in total. The molecule has 182 valence electrons. The minimum Gasteiger partial charge on any atom is -0.494 e. The molecule has 2 aliphatic heterocycles. The fourth-order valence-corrected chi connectivity index (χ4v) is 4.71. The van der Waals surface area contributed by atoms with Crippen molar-refractivity contribution in [2.45, 2.75) is 12.1 Å². The molecule has 0 saturated carbocycles. The van der Waals surface area contributed by atoms with E-state index < -0.39 is 35.0 Å². The van der Waals surface area contributed by atoms with Crippen LogP contribution in [0.2, 0.25) is 0 Å². The summed E-state index contributed by atoms with van der Waals surface area (Å²) in [6.07, 6.45) is 2.99. The minimum absolute atomic E-state index is 0.000520. The molecule has 1 fully saturated rings. The third kappa shape index (κ3) is 3.07. The number of nitrogens with one attached hydrogen (secondary N) is 3. The van der Waals surface area contributed by atoms with E-state index in [-0.39, 0.29) is 41.3 Å². The fraction of sp³-hybridized carbons (Fsp3) is 0.167. The number of methoxy groups -OCH3 is 1. The van der Waals surface area contributed by atoms with Gasteiger partial charge in [-0.25, -0.2) is 13.6 Å². The third-order valence-corrected chi connectivity index (χ3v) is 6.48. The Morgan fingerprint density at radius 3 is 2.72 bits per heavy atom. The van der Waals surface area contributed by atoms with Crippen LogP contribution in [0, 0.1) is 11.6 Å². The van der Waals surface area contributed by atoms with Crippen molar-refractivity contribution >= 4 is 28.8 Å². The number of rotatable bonds is 5. The smallest absolute Gasteiger partial charge is 0.322 e. The molecular weight excluding hydrogens is 476 g/mol. The molecule has 1 saturated heterocycles. The number of hydrogen-bond acceptors (Lipinski definition) is 6. The number of H-pyrrole nitrogens is 1. The Hall–Kier alpha value is -4.74. The third-order valence-electron chi connectivity index (χ3n) is 6.48. The van der Waals surface area contributed by atoms with Crippen molar-refractivity contribution in [2.24, 2.45) is 0 Å². The summed E-state index contributed by atoms with van der Waals surface area (Å²) in [5.74, 6) is -2.90. The Balaban J connectivity index is 1.42. The van der Waals surface area contributed by atoms with Crippen LogP contribution < -0.4 is 15.4 Å². The molecule has 1 atom stereocenters. The van der Waals surface area contributed by atoms with Crippen LogP contribution in [0.1, 0.15) is 21.7 Å². The number of benzene rings is 2. The van der Waals surface area contributed by atoms with Crippen LogP contribution in [-0.4, -0.2) is 46.6 Å². The molecule has 36 heavy (non-hydrogen) atoms. The molecule has 6 rings (SSSR count). The first kappa shape index (κ1) is 21.8. The lowest BCUT2D eigenvalue weighted by Gasteiger charge is -2.29. The van der Waals surface area contributed by atoms with E-state index in [0.717, 1.165) is 0 Å². The molecule has 0 radical (unpaired) electrons. The van der Waals surface area contributed by atoms with E-state index >= 15 is 0 Å². The number of amides is 4. The van der Waals surface area contributed by atoms with E-state index in [1.54, 1.807) is 6.07 Å². The number of furan rings is 1. The zero-order valence-electron chi connectivity index (χ0n) is 18.6. The Bertz CT molecular complexity index is 1580. The number of imide groups is 1. The molecule has 0 bridgehead atoms. The van der Waals surface area contributed by atoms with Gasteiger partial charge in [0.15, 0.2) is 17.1 Å². The molecule has 2 aliphatic rings. The number of aromatic nitrogens is 2. The summed E-state index contributed by atoms with van der Waals surface area (Å²) in [6, 6.07) is 6.39. The van der Waals surface area contributed by atoms with Crippen molar-refractivity contribution in [3.8, 4) is 16.9 Å². The second kappa shape index (κ2) is 7.63. The molecule has 4 amide bonds. The van der Waals surface area contributed by atoms with Crippen molar-refractivity contribution in [3.05, 3.63) is 71.2 Å². The molecular formula is C24H17F2N5O5. The van der Waals surface area contributed by atoms with Crippen LogP contribution in [-0.2, 0) is 16.9 Å². The normalized spacial score (nSPS) is 19.1. The molecule has 4 heterocycles. The number of urea groups is 1. The number of aromatic amines is 1. The van der Waals surface area contributed by atoms with E-state index in [2.05, 4.69) is 20.8 Å². The standard InChI is InChI=1S/C24H17F2N5O5/c1-35-16-3-2-11-9-31(21(32)19(11)20(16)26)10-24(22(33)29-23(34)30-24)18-5-12-4-14(13-7-27-28-8-13)15(25)6-17(12)36-18/h2-8H,9-10H2,1H3,(H,27,28)(H2,29,30,33,34). The van der Waals surface area contributed by atoms with Gasteiger partial charge < -0.3 is 19.4 Å². The lowest BCUT2D eigenvalue weighted by atomic mass is 9.95. The van der Waals surface area contributed by atoms with E-state index in [1.165, 1.54) is 48.7 Å². The maximum absolute atomic E-state index is 14.8. The Morgan fingerprint density at radius 2 is 2.03 bits per heavy atom. The van der Waals surface area contributed by atoms with Crippen molar-refractivity contribution in [1.29, 1.82) is 0 Å². The van der Waals surface area contributed by atoms with Gasteiger partial charge in [0.1, 0.15) is 17.2 Å². The van der Waals surface area contributed by atoms with E-state index in [4.69, 9.17) is 9.15 Å². The topological polar surface area (TPSA) is 130 Å². The van der Waals surface area contributed by atoms with Crippen LogP contribution in [0.4, 0.5) is 13.6 Å². The lowest BCUT2D eigenvalue weighted by molar-refractivity contribution is -0.125. The maximum Gasteiger partial charge on any atom is 0.322 e. The SMILES string of the molecule is COc1ccc2c(c1F)C(=O)N(CC1(c3cc4cc(-c5cn[nH]c5)c(F)cc4o3)NC(=O)NC1=O)C2. The molecule has 1 unspecified atom stereocenters. The Labute approximate surface area is 201 Å². The first-order chi connectivity index (χ1) is 17.3. The van der Waals surface area contributed by atoms with Crippen LogP contribution >= 0.6 is 0 Å². The molecule has 2 aromatic heterocycles. The predicted molar refractivity (Wildman–Crippen MR) is 120 cm³/mol.